The summed E-state index contributed by atoms with van der Waals surface area (Å²) >= 11 is 1.27. The van der Waals surface area contributed by atoms with Gasteiger partial charge in [-0.2, -0.15) is 5.26 Å². The normalized spacial score (nSPS) is 13.3. The lowest BCUT2D eigenvalue weighted by molar-refractivity contribution is 0.0983. The van der Waals surface area contributed by atoms with Crippen molar-refractivity contribution in [1.82, 2.24) is 4.40 Å². The molecule has 1 aliphatic heterocycles. The number of rotatable bonds is 2. The van der Waals surface area contributed by atoms with Crippen molar-refractivity contribution < 1.29 is 4.79 Å². The molecule has 2 aromatic heterocycles. The Balaban J connectivity index is 2.00. The van der Waals surface area contributed by atoms with Crippen LogP contribution >= 0.6 is 11.8 Å². The highest BCUT2D eigenvalue weighted by Gasteiger charge is 2.29. The lowest BCUT2D eigenvalue weighted by atomic mass is 10.0. The number of para-hydroxylation sites is 1. The van der Waals surface area contributed by atoms with Crippen LogP contribution in [0.5, 0.6) is 0 Å². The van der Waals surface area contributed by atoms with Gasteiger partial charge in [-0.3, -0.25) is 14.0 Å². The number of fused-ring (bicyclic) bond motifs is 2. The van der Waals surface area contributed by atoms with Gasteiger partial charge in [0.05, 0.1) is 11.1 Å². The number of carbonyl (C=O) groups is 1. The highest BCUT2D eigenvalue weighted by atomic mass is 32.2. The Kier molecular flexibility index (Phi) is 4.46. The van der Waals surface area contributed by atoms with Gasteiger partial charge >= 0.3 is 0 Å². The summed E-state index contributed by atoms with van der Waals surface area (Å²) < 4.78 is 1.39. The zero-order chi connectivity index (χ0) is 19.0. The van der Waals surface area contributed by atoms with Crippen molar-refractivity contribution in [2.75, 3.05) is 17.7 Å². The van der Waals surface area contributed by atoms with E-state index in [1.54, 1.807) is 35.6 Å². The first-order chi connectivity index (χ1) is 13.2. The maximum absolute atomic E-state index is 13.6. The number of pyridine rings is 2. The summed E-state index contributed by atoms with van der Waals surface area (Å²) in [5, 5.41) is 9.56. The molecule has 6 heteroatoms. The molecule has 3 heterocycles. The van der Waals surface area contributed by atoms with E-state index in [0.717, 1.165) is 24.1 Å². The Morgan fingerprint density at radius 1 is 1.19 bits per heavy atom. The van der Waals surface area contributed by atoms with Crippen LogP contribution in [0.4, 0.5) is 5.69 Å². The number of aryl methyl sites for hydroxylation is 1. The fourth-order valence-electron chi connectivity index (χ4n) is 3.67. The number of anilines is 1. The van der Waals surface area contributed by atoms with Crippen LogP contribution < -0.4 is 10.5 Å². The SMILES string of the molecule is CSc1c(C#N)c(=O)n2ccccc2c1C(=O)N1CCCc2ccccc21. The third-order valence-corrected chi connectivity index (χ3v) is 5.70. The van der Waals surface area contributed by atoms with E-state index >= 15 is 0 Å². The third kappa shape index (κ3) is 2.71. The molecule has 1 aliphatic rings. The summed E-state index contributed by atoms with van der Waals surface area (Å²) in [6.45, 7) is 0.615. The summed E-state index contributed by atoms with van der Waals surface area (Å²) in [6, 6.07) is 15.2. The fraction of sp³-hybridized carbons (Fsp3) is 0.190. The van der Waals surface area contributed by atoms with Gasteiger partial charge < -0.3 is 4.90 Å². The lowest BCUT2D eigenvalue weighted by Gasteiger charge is -2.30. The molecular weight excluding hydrogens is 358 g/mol. The van der Waals surface area contributed by atoms with Gasteiger partial charge in [0.25, 0.3) is 11.5 Å². The van der Waals surface area contributed by atoms with Crippen molar-refractivity contribution in [2.24, 2.45) is 0 Å². The molecule has 0 radical (unpaired) electrons. The first-order valence-corrected chi connectivity index (χ1v) is 9.91. The largest absolute Gasteiger partial charge is 0.308 e. The van der Waals surface area contributed by atoms with Crippen LogP contribution in [0.15, 0.2) is 58.4 Å². The van der Waals surface area contributed by atoms with Gasteiger partial charge in [-0.25, -0.2) is 0 Å². The van der Waals surface area contributed by atoms with Gasteiger partial charge in [0.1, 0.15) is 11.6 Å². The van der Waals surface area contributed by atoms with E-state index in [-0.39, 0.29) is 11.5 Å². The Labute approximate surface area is 160 Å². The molecule has 134 valence electrons. The van der Waals surface area contributed by atoms with Gasteiger partial charge in [0, 0.05) is 23.3 Å². The van der Waals surface area contributed by atoms with Gasteiger partial charge in [0.15, 0.2) is 0 Å². The van der Waals surface area contributed by atoms with Crippen LogP contribution in [0, 0.1) is 11.3 Å². The molecule has 0 fully saturated rings. The predicted octanol–water partition coefficient (Wildman–Crippen LogP) is 3.49. The van der Waals surface area contributed by atoms with Crippen LogP contribution in [0.25, 0.3) is 5.52 Å². The molecule has 0 N–H and O–H groups in total. The molecule has 0 spiro atoms. The Morgan fingerprint density at radius 3 is 2.74 bits per heavy atom. The molecule has 1 amide bonds. The Morgan fingerprint density at radius 2 is 1.96 bits per heavy atom. The van der Waals surface area contributed by atoms with E-state index < -0.39 is 5.56 Å². The number of nitrogens with zero attached hydrogens (tertiary/aromatic N) is 3. The molecule has 0 unspecified atom stereocenters. The number of aromatic nitrogens is 1. The molecule has 0 aliphatic carbocycles. The lowest BCUT2D eigenvalue weighted by Crippen LogP contribution is -2.37. The number of hydrogen-bond donors (Lipinski definition) is 0. The number of thioether (sulfide) groups is 1. The van der Waals surface area contributed by atoms with Gasteiger partial charge in [-0.15, -0.1) is 11.8 Å². The zero-order valence-corrected chi connectivity index (χ0v) is 15.6. The average molecular weight is 375 g/mol. The number of nitriles is 1. The van der Waals surface area contributed by atoms with Crippen molar-refractivity contribution >= 4 is 28.9 Å². The molecule has 0 atom stereocenters. The first kappa shape index (κ1) is 17.4. The van der Waals surface area contributed by atoms with Crippen LogP contribution in [0.3, 0.4) is 0 Å². The first-order valence-electron chi connectivity index (χ1n) is 8.68. The minimum atomic E-state index is -0.395. The second-order valence-corrected chi connectivity index (χ2v) is 7.16. The smallest absolute Gasteiger partial charge is 0.274 e. The van der Waals surface area contributed by atoms with Gasteiger partial charge in [-0.1, -0.05) is 24.3 Å². The van der Waals surface area contributed by atoms with Crippen molar-refractivity contribution in [1.29, 1.82) is 5.26 Å². The molecular formula is C21H17N3O2S. The zero-order valence-electron chi connectivity index (χ0n) is 14.8. The summed E-state index contributed by atoms with van der Waals surface area (Å²) in [6.07, 6.45) is 5.21. The minimum absolute atomic E-state index is 0.0137. The summed E-state index contributed by atoms with van der Waals surface area (Å²) in [7, 11) is 0. The molecule has 0 bridgehead atoms. The second-order valence-electron chi connectivity index (χ2n) is 6.35. The summed E-state index contributed by atoms with van der Waals surface area (Å²) in [5.74, 6) is -0.174. The number of carbonyl (C=O) groups excluding carboxylic acids is 1. The fourth-order valence-corrected chi connectivity index (χ4v) is 4.40. The molecule has 5 nitrogen and oxygen atoms in total. The van der Waals surface area contributed by atoms with Crippen LogP contribution in [0.2, 0.25) is 0 Å². The maximum Gasteiger partial charge on any atom is 0.274 e. The molecule has 4 rings (SSSR count). The number of hydrogen-bond acceptors (Lipinski definition) is 4. The van der Waals surface area contributed by atoms with E-state index in [1.807, 2.05) is 30.3 Å². The average Bonchev–Trinajstić information content (AvgIpc) is 2.72. The molecule has 0 saturated heterocycles. The standard InChI is InChI=1S/C21H17N3O2S/c1-27-19-15(13-22)20(25)24-11-5-4-10-17(24)18(19)21(26)23-12-6-8-14-7-2-3-9-16(14)23/h2-5,7,9-11H,6,8,12H2,1H3. The van der Waals surface area contributed by atoms with Crippen molar-refractivity contribution in [3.63, 3.8) is 0 Å². The van der Waals surface area contributed by atoms with E-state index in [9.17, 15) is 14.9 Å². The highest BCUT2D eigenvalue weighted by Crippen LogP contribution is 2.32. The van der Waals surface area contributed by atoms with Gasteiger partial charge in [0.2, 0.25) is 0 Å². The maximum atomic E-state index is 13.6. The topological polar surface area (TPSA) is 65.6 Å². The quantitative estimate of drug-likeness (QED) is 0.643. The molecule has 3 aromatic rings. The number of amides is 1. The van der Waals surface area contributed by atoms with Gasteiger partial charge in [-0.05, 0) is 42.9 Å². The van der Waals surface area contributed by atoms with E-state index in [0.29, 0.717) is 22.5 Å². The molecule has 0 saturated carbocycles. The summed E-state index contributed by atoms with van der Waals surface area (Å²) in [4.78, 5) is 28.5. The van der Waals surface area contributed by atoms with E-state index in [2.05, 4.69) is 0 Å². The highest BCUT2D eigenvalue weighted by molar-refractivity contribution is 7.98. The number of benzene rings is 1. The van der Waals surface area contributed by atoms with Crippen molar-refractivity contribution in [3.05, 3.63) is 75.7 Å². The Bertz CT molecular complexity index is 1160. The van der Waals surface area contributed by atoms with Crippen LogP contribution in [-0.2, 0) is 6.42 Å². The van der Waals surface area contributed by atoms with Crippen molar-refractivity contribution in [3.8, 4) is 6.07 Å². The van der Waals surface area contributed by atoms with E-state index in [4.69, 9.17) is 0 Å². The van der Waals surface area contributed by atoms with Crippen LogP contribution in [0.1, 0.15) is 27.9 Å². The third-order valence-electron chi connectivity index (χ3n) is 4.89. The molecule has 27 heavy (non-hydrogen) atoms. The Hall–Kier alpha value is -3.04. The van der Waals surface area contributed by atoms with Crippen molar-refractivity contribution in [2.45, 2.75) is 17.7 Å². The second kappa shape index (κ2) is 6.93. The molecule has 1 aromatic carbocycles. The van der Waals surface area contributed by atoms with Crippen LogP contribution in [-0.4, -0.2) is 23.1 Å². The monoisotopic (exact) mass is 375 g/mol. The minimum Gasteiger partial charge on any atom is -0.308 e. The summed E-state index contributed by atoms with van der Waals surface area (Å²) in [5.41, 5.74) is 2.60. The van der Waals surface area contributed by atoms with E-state index in [1.165, 1.54) is 16.2 Å². The predicted molar refractivity (Wildman–Crippen MR) is 107 cm³/mol.